The van der Waals surface area contributed by atoms with E-state index in [2.05, 4.69) is 10.2 Å². The Hall–Kier alpha value is -5.22. The van der Waals surface area contributed by atoms with Crippen molar-refractivity contribution in [1.82, 2.24) is 20.0 Å². The first kappa shape index (κ1) is 39.5. The predicted octanol–water partition coefficient (Wildman–Crippen LogP) is 8.41. The normalized spacial score (nSPS) is 18.2. The zero-order valence-corrected chi connectivity index (χ0v) is 32.4. The molecule has 290 valence electrons. The molecule has 3 amide bonds. The van der Waals surface area contributed by atoms with Gasteiger partial charge >= 0.3 is 12.2 Å². The van der Waals surface area contributed by atoms with Crippen LogP contribution in [0.3, 0.4) is 0 Å². The highest BCUT2D eigenvalue weighted by atomic mass is 19.1. The summed E-state index contributed by atoms with van der Waals surface area (Å²) in [6.07, 6.45) is 2.02. The monoisotopic (exact) mass is 748 g/mol. The third-order valence-electron chi connectivity index (χ3n) is 10.6. The van der Waals surface area contributed by atoms with Crippen molar-refractivity contribution >= 4 is 18.1 Å². The van der Waals surface area contributed by atoms with Crippen LogP contribution in [0, 0.1) is 11.7 Å². The van der Waals surface area contributed by atoms with E-state index in [9.17, 15) is 19.5 Å². The van der Waals surface area contributed by atoms with Gasteiger partial charge in [-0.25, -0.2) is 14.0 Å². The molecule has 4 aromatic carbocycles. The van der Waals surface area contributed by atoms with E-state index in [1.54, 1.807) is 28.0 Å². The highest BCUT2D eigenvalue weighted by molar-refractivity contribution is 5.94. The number of piperazine rings is 1. The summed E-state index contributed by atoms with van der Waals surface area (Å²) in [5.74, 6) is -0.130. The first-order valence-electron chi connectivity index (χ1n) is 19.2. The maximum absolute atomic E-state index is 15.3. The van der Waals surface area contributed by atoms with E-state index in [1.807, 2.05) is 100 Å². The SMILES string of the molecule is CC(C)(C)OC(=O)N1CCC(Cc2cccc(C(=O)NCc3ccc(F)c(-c4cccc(CN5CCN(C(=O)O)[C@@](C)(Cc6ccccc6)C5)c4)c3)c2)CC1. The largest absolute Gasteiger partial charge is 0.465 e. The number of piperidine rings is 1. The number of hydrogen-bond acceptors (Lipinski definition) is 5. The summed E-state index contributed by atoms with van der Waals surface area (Å²) in [7, 11) is 0. The van der Waals surface area contributed by atoms with E-state index in [0.717, 1.165) is 47.1 Å². The molecule has 2 heterocycles. The second-order valence-electron chi connectivity index (χ2n) is 16.3. The van der Waals surface area contributed by atoms with E-state index in [1.165, 1.54) is 6.07 Å². The maximum Gasteiger partial charge on any atom is 0.410 e. The number of ether oxygens (including phenoxy) is 1. The molecule has 0 unspecified atom stereocenters. The van der Waals surface area contributed by atoms with Crippen molar-refractivity contribution < 1.29 is 28.6 Å². The molecule has 6 rings (SSSR count). The number of likely N-dealkylation sites (tertiary alicyclic amines) is 1. The number of rotatable bonds is 10. The van der Waals surface area contributed by atoms with Crippen molar-refractivity contribution in [2.24, 2.45) is 5.92 Å². The van der Waals surface area contributed by atoms with Crippen LogP contribution >= 0.6 is 0 Å². The van der Waals surface area contributed by atoms with E-state index >= 15 is 4.39 Å². The fourth-order valence-corrected chi connectivity index (χ4v) is 7.91. The molecule has 9 nitrogen and oxygen atoms in total. The van der Waals surface area contributed by atoms with Gasteiger partial charge in [-0.1, -0.05) is 66.7 Å². The average molecular weight is 749 g/mol. The maximum atomic E-state index is 15.3. The van der Waals surface area contributed by atoms with E-state index < -0.39 is 17.2 Å². The Bertz CT molecular complexity index is 1970. The lowest BCUT2D eigenvalue weighted by atomic mass is 9.88. The molecule has 0 bridgehead atoms. The minimum Gasteiger partial charge on any atom is -0.465 e. The Balaban J connectivity index is 1.05. The number of halogens is 1. The first-order valence-corrected chi connectivity index (χ1v) is 19.2. The van der Waals surface area contributed by atoms with Gasteiger partial charge < -0.3 is 25.0 Å². The van der Waals surface area contributed by atoms with E-state index in [0.29, 0.717) is 62.7 Å². The predicted molar refractivity (Wildman–Crippen MR) is 212 cm³/mol. The third-order valence-corrected chi connectivity index (χ3v) is 10.6. The van der Waals surface area contributed by atoms with Gasteiger partial charge in [-0.3, -0.25) is 9.69 Å². The molecule has 2 aliphatic rings. The van der Waals surface area contributed by atoms with Crippen LogP contribution in [-0.2, 0) is 30.7 Å². The van der Waals surface area contributed by atoms with Crippen molar-refractivity contribution in [2.45, 2.75) is 77.6 Å². The number of carbonyl (C=O) groups is 3. The van der Waals surface area contributed by atoms with E-state index in [-0.39, 0.29) is 24.4 Å². The molecule has 2 saturated heterocycles. The molecule has 0 saturated carbocycles. The molecule has 2 aliphatic heterocycles. The van der Waals surface area contributed by atoms with Gasteiger partial charge in [0.05, 0.1) is 5.54 Å². The van der Waals surface area contributed by atoms with Gasteiger partial charge in [0.25, 0.3) is 5.91 Å². The van der Waals surface area contributed by atoms with Crippen LogP contribution in [-0.4, -0.2) is 81.8 Å². The smallest absolute Gasteiger partial charge is 0.410 e. The Morgan fingerprint density at radius 2 is 1.55 bits per heavy atom. The van der Waals surface area contributed by atoms with Crippen LogP contribution in [0.2, 0.25) is 0 Å². The third kappa shape index (κ3) is 10.5. The van der Waals surface area contributed by atoms with Gasteiger partial charge in [0.15, 0.2) is 0 Å². The molecule has 55 heavy (non-hydrogen) atoms. The highest BCUT2D eigenvalue weighted by Gasteiger charge is 2.40. The van der Waals surface area contributed by atoms with E-state index in [4.69, 9.17) is 4.74 Å². The van der Waals surface area contributed by atoms with Gasteiger partial charge in [0.2, 0.25) is 0 Å². The molecule has 2 N–H and O–H groups in total. The highest BCUT2D eigenvalue weighted by Crippen LogP contribution is 2.30. The van der Waals surface area contributed by atoms with Crippen LogP contribution in [0.25, 0.3) is 11.1 Å². The molecule has 1 atom stereocenters. The van der Waals surface area contributed by atoms with Crippen molar-refractivity contribution in [3.05, 3.63) is 131 Å². The fourth-order valence-electron chi connectivity index (χ4n) is 7.91. The lowest BCUT2D eigenvalue weighted by molar-refractivity contribution is 0.0130. The number of carbonyl (C=O) groups excluding carboxylic acids is 2. The number of carboxylic acid groups (broad SMARTS) is 1. The van der Waals surface area contributed by atoms with Gasteiger partial charge in [-0.2, -0.15) is 0 Å². The average Bonchev–Trinajstić information content (AvgIpc) is 3.14. The molecule has 2 fully saturated rings. The lowest BCUT2D eigenvalue weighted by Crippen LogP contribution is -2.63. The van der Waals surface area contributed by atoms with Gasteiger partial charge in [0, 0.05) is 56.9 Å². The lowest BCUT2D eigenvalue weighted by Gasteiger charge is -2.48. The first-order chi connectivity index (χ1) is 26.2. The van der Waals surface area contributed by atoms with Crippen molar-refractivity contribution in [3.63, 3.8) is 0 Å². The molecule has 0 spiro atoms. The molecule has 10 heteroatoms. The summed E-state index contributed by atoms with van der Waals surface area (Å²) in [5, 5.41) is 13.0. The standard InChI is InChI=1S/C45H53FN4O5/c1-44(2,3)55-43(54)49-20-18-32(19-21-49)24-34-12-8-15-38(25-34)41(51)47-29-35-16-17-40(46)39(27-35)37-14-9-13-36(26-37)30-48-22-23-50(42(52)53)45(4,31-48)28-33-10-6-5-7-11-33/h5-17,25-27,32H,18-24,28-31H2,1-4H3,(H,47,51)(H,52,53)/t45-/m0/s1. The molecule has 4 aromatic rings. The molecule has 0 radical (unpaired) electrons. The minimum absolute atomic E-state index is 0.197. The van der Waals surface area contributed by atoms with Crippen LogP contribution in [0.1, 0.15) is 73.1 Å². The Morgan fingerprint density at radius 1 is 0.836 bits per heavy atom. The minimum atomic E-state index is -0.911. The second kappa shape index (κ2) is 17.1. The molecule has 0 aliphatic carbocycles. The Labute approximate surface area is 324 Å². The Kier molecular flexibility index (Phi) is 12.2. The Morgan fingerprint density at radius 3 is 2.27 bits per heavy atom. The molecular weight excluding hydrogens is 696 g/mol. The van der Waals surface area contributed by atoms with Crippen LogP contribution < -0.4 is 5.32 Å². The van der Waals surface area contributed by atoms with Crippen LogP contribution in [0.15, 0.2) is 97.1 Å². The van der Waals surface area contributed by atoms with Crippen LogP contribution in [0.4, 0.5) is 14.0 Å². The summed E-state index contributed by atoms with van der Waals surface area (Å²) < 4.78 is 20.8. The van der Waals surface area contributed by atoms with Crippen LogP contribution in [0.5, 0.6) is 0 Å². The fraction of sp³-hybridized carbons (Fsp3) is 0.400. The molecular formula is C45H53FN4O5. The summed E-state index contributed by atoms with van der Waals surface area (Å²) in [4.78, 5) is 43.6. The molecule has 0 aromatic heterocycles. The number of nitrogens with zero attached hydrogens (tertiary/aromatic N) is 3. The summed E-state index contributed by atoms with van der Waals surface area (Å²) in [6.45, 7) is 11.4. The number of nitrogens with one attached hydrogen (secondary N) is 1. The number of hydrogen-bond donors (Lipinski definition) is 2. The number of amides is 3. The van der Waals surface area contributed by atoms with Gasteiger partial charge in [-0.15, -0.1) is 0 Å². The second-order valence-corrected chi connectivity index (χ2v) is 16.3. The zero-order chi connectivity index (χ0) is 39.2. The zero-order valence-electron chi connectivity index (χ0n) is 32.4. The summed E-state index contributed by atoms with van der Waals surface area (Å²) in [6, 6.07) is 30.4. The summed E-state index contributed by atoms with van der Waals surface area (Å²) >= 11 is 0. The topological polar surface area (TPSA) is 102 Å². The van der Waals surface area contributed by atoms with Crippen molar-refractivity contribution in [3.8, 4) is 11.1 Å². The van der Waals surface area contributed by atoms with Crippen molar-refractivity contribution in [1.29, 1.82) is 0 Å². The van der Waals surface area contributed by atoms with Gasteiger partial charge in [0.1, 0.15) is 11.4 Å². The quantitative estimate of drug-likeness (QED) is 0.169. The summed E-state index contributed by atoms with van der Waals surface area (Å²) in [5.41, 5.74) is 4.61. The van der Waals surface area contributed by atoms with Crippen molar-refractivity contribution in [2.75, 3.05) is 32.7 Å². The number of benzene rings is 4. The van der Waals surface area contributed by atoms with Gasteiger partial charge in [-0.05, 0) is 117 Å².